The SMILES string of the molecule is Cc1c([S+](C)C)c2ccccn2c1C(=O)c1ccccc1. The molecule has 0 saturated carbocycles. The van der Waals surface area contributed by atoms with Crippen molar-refractivity contribution in [1.29, 1.82) is 0 Å². The van der Waals surface area contributed by atoms with Crippen molar-refractivity contribution in [3.05, 3.63) is 71.5 Å². The molecule has 0 radical (unpaired) electrons. The molecule has 2 aromatic heterocycles. The molecule has 3 rings (SSSR count). The Labute approximate surface area is 127 Å². The second-order valence-electron chi connectivity index (χ2n) is 5.27. The Morgan fingerprint density at radius 2 is 1.67 bits per heavy atom. The van der Waals surface area contributed by atoms with Crippen LogP contribution in [0.15, 0.2) is 59.6 Å². The van der Waals surface area contributed by atoms with Crippen molar-refractivity contribution in [2.45, 2.75) is 11.8 Å². The second kappa shape index (κ2) is 5.41. The Hall–Kier alpha value is -2.00. The number of carbonyl (C=O) groups excluding carboxylic acids is 1. The Kier molecular flexibility index (Phi) is 3.60. The fraction of sp³-hybridized carbons (Fsp3) is 0.167. The van der Waals surface area contributed by atoms with Gasteiger partial charge in [-0.2, -0.15) is 0 Å². The van der Waals surface area contributed by atoms with Crippen LogP contribution in [0, 0.1) is 6.92 Å². The summed E-state index contributed by atoms with van der Waals surface area (Å²) in [6, 6.07) is 15.6. The first-order valence-corrected chi connectivity index (χ1v) is 8.92. The van der Waals surface area contributed by atoms with Gasteiger partial charge in [-0.25, -0.2) is 0 Å². The smallest absolute Gasteiger partial charge is 0.210 e. The van der Waals surface area contributed by atoms with Gasteiger partial charge in [0.2, 0.25) is 5.78 Å². The molecular formula is C18H18NOS+. The predicted octanol–water partition coefficient (Wildman–Crippen LogP) is 3.72. The molecule has 0 fully saturated rings. The molecule has 0 aliphatic carbocycles. The molecule has 2 heterocycles. The molecule has 0 bridgehead atoms. The normalized spacial score (nSPS) is 11.2. The molecular weight excluding hydrogens is 278 g/mol. The summed E-state index contributed by atoms with van der Waals surface area (Å²) in [7, 11) is 0.110. The zero-order valence-electron chi connectivity index (χ0n) is 12.5. The van der Waals surface area contributed by atoms with E-state index in [0.717, 1.165) is 22.3 Å². The van der Waals surface area contributed by atoms with Crippen LogP contribution in [0.4, 0.5) is 0 Å². The van der Waals surface area contributed by atoms with Gasteiger partial charge in [0, 0.05) is 28.2 Å². The highest BCUT2D eigenvalue weighted by molar-refractivity contribution is 7.95. The number of fused-ring (bicyclic) bond motifs is 1. The molecule has 3 aromatic rings. The van der Waals surface area contributed by atoms with Gasteiger partial charge in [-0.05, 0) is 19.1 Å². The van der Waals surface area contributed by atoms with Crippen LogP contribution in [-0.2, 0) is 10.9 Å². The third-order valence-electron chi connectivity index (χ3n) is 3.69. The molecule has 21 heavy (non-hydrogen) atoms. The highest BCUT2D eigenvalue weighted by Gasteiger charge is 2.27. The van der Waals surface area contributed by atoms with Crippen LogP contribution in [-0.4, -0.2) is 22.7 Å². The topological polar surface area (TPSA) is 21.5 Å². The third kappa shape index (κ3) is 2.28. The molecule has 0 aliphatic rings. The highest BCUT2D eigenvalue weighted by Crippen LogP contribution is 2.29. The maximum atomic E-state index is 12.9. The lowest BCUT2D eigenvalue weighted by atomic mass is 10.1. The van der Waals surface area contributed by atoms with E-state index in [0.29, 0.717) is 0 Å². The quantitative estimate of drug-likeness (QED) is 0.533. The number of aromatic nitrogens is 1. The lowest BCUT2D eigenvalue weighted by Crippen LogP contribution is -2.06. The van der Waals surface area contributed by atoms with Crippen molar-refractivity contribution in [3.8, 4) is 0 Å². The standard InChI is InChI=1S/C18H18NOS/c1-13-16(17(20)14-9-5-4-6-10-14)19-12-8-7-11-15(19)18(13)21(2)3/h4-12H,1-3H3/q+1. The molecule has 0 spiro atoms. The van der Waals surface area contributed by atoms with Gasteiger partial charge < -0.3 is 4.40 Å². The van der Waals surface area contributed by atoms with Crippen LogP contribution in [0.5, 0.6) is 0 Å². The molecule has 106 valence electrons. The molecule has 0 atom stereocenters. The largest absolute Gasteiger partial charge is 0.309 e. The van der Waals surface area contributed by atoms with Crippen molar-refractivity contribution in [3.63, 3.8) is 0 Å². The summed E-state index contributed by atoms with van der Waals surface area (Å²) in [5.41, 5.74) is 3.77. The van der Waals surface area contributed by atoms with E-state index in [1.807, 2.05) is 53.1 Å². The molecule has 0 unspecified atom stereocenters. The molecule has 0 saturated heterocycles. The Balaban J connectivity index is 2.28. The third-order valence-corrected chi connectivity index (χ3v) is 5.02. The van der Waals surface area contributed by atoms with E-state index in [-0.39, 0.29) is 16.7 Å². The maximum Gasteiger partial charge on any atom is 0.210 e. The molecule has 1 aromatic carbocycles. The fourth-order valence-corrected chi connectivity index (χ4v) is 4.12. The summed E-state index contributed by atoms with van der Waals surface area (Å²) in [4.78, 5) is 14.2. The van der Waals surface area contributed by atoms with Crippen LogP contribution in [0.2, 0.25) is 0 Å². The molecule has 0 aliphatic heterocycles. The van der Waals surface area contributed by atoms with Crippen LogP contribution in [0.3, 0.4) is 0 Å². The lowest BCUT2D eigenvalue weighted by Gasteiger charge is -2.03. The number of hydrogen-bond donors (Lipinski definition) is 0. The first-order chi connectivity index (χ1) is 10.1. The number of pyridine rings is 1. The fourth-order valence-electron chi connectivity index (χ4n) is 2.82. The van der Waals surface area contributed by atoms with Gasteiger partial charge in [0.15, 0.2) is 4.90 Å². The summed E-state index contributed by atoms with van der Waals surface area (Å²) in [5.74, 6) is 0.0889. The van der Waals surface area contributed by atoms with Gasteiger partial charge in [-0.1, -0.05) is 36.4 Å². The number of nitrogens with zero attached hydrogens (tertiary/aromatic N) is 1. The van der Waals surface area contributed by atoms with Gasteiger partial charge in [-0.3, -0.25) is 4.79 Å². The highest BCUT2D eigenvalue weighted by atomic mass is 32.2. The summed E-state index contributed by atoms with van der Waals surface area (Å²) in [5, 5.41) is 0. The number of carbonyl (C=O) groups is 1. The first-order valence-electron chi connectivity index (χ1n) is 6.88. The first kappa shape index (κ1) is 14.0. The predicted molar refractivity (Wildman–Crippen MR) is 89.5 cm³/mol. The zero-order chi connectivity index (χ0) is 15.0. The Bertz CT molecular complexity index is 803. The van der Waals surface area contributed by atoms with E-state index in [2.05, 4.69) is 25.5 Å². The van der Waals surface area contributed by atoms with Gasteiger partial charge >= 0.3 is 0 Å². The Morgan fingerprint density at radius 1 is 1.00 bits per heavy atom. The van der Waals surface area contributed by atoms with Gasteiger partial charge in [0.1, 0.15) is 23.7 Å². The Morgan fingerprint density at radius 3 is 2.33 bits per heavy atom. The maximum absolute atomic E-state index is 12.9. The second-order valence-corrected chi connectivity index (χ2v) is 7.31. The van der Waals surface area contributed by atoms with E-state index in [1.54, 1.807) is 0 Å². The lowest BCUT2D eigenvalue weighted by molar-refractivity contribution is 0.103. The molecule has 0 amide bonds. The summed E-state index contributed by atoms with van der Waals surface area (Å²) >= 11 is 0. The van der Waals surface area contributed by atoms with Gasteiger partial charge in [-0.15, -0.1) is 0 Å². The summed E-state index contributed by atoms with van der Waals surface area (Å²) in [6.07, 6.45) is 6.38. The van der Waals surface area contributed by atoms with E-state index < -0.39 is 0 Å². The van der Waals surface area contributed by atoms with E-state index in [1.165, 1.54) is 4.90 Å². The van der Waals surface area contributed by atoms with Crippen molar-refractivity contribution in [2.24, 2.45) is 0 Å². The van der Waals surface area contributed by atoms with Crippen LogP contribution >= 0.6 is 0 Å². The monoisotopic (exact) mass is 296 g/mol. The van der Waals surface area contributed by atoms with Gasteiger partial charge in [0.05, 0.1) is 0 Å². The number of benzene rings is 1. The zero-order valence-corrected chi connectivity index (χ0v) is 13.3. The summed E-state index contributed by atoms with van der Waals surface area (Å²) in [6.45, 7) is 2.06. The minimum absolute atomic E-state index is 0.0889. The number of hydrogen-bond acceptors (Lipinski definition) is 1. The molecule has 3 heteroatoms. The van der Waals surface area contributed by atoms with Crippen LogP contribution in [0.25, 0.3) is 5.52 Å². The minimum atomic E-state index is 0.0889. The van der Waals surface area contributed by atoms with Crippen molar-refractivity contribution in [2.75, 3.05) is 12.5 Å². The van der Waals surface area contributed by atoms with E-state index in [4.69, 9.17) is 0 Å². The van der Waals surface area contributed by atoms with E-state index >= 15 is 0 Å². The van der Waals surface area contributed by atoms with Crippen molar-refractivity contribution < 1.29 is 4.79 Å². The number of rotatable bonds is 3. The van der Waals surface area contributed by atoms with Crippen LogP contribution < -0.4 is 0 Å². The molecule has 0 N–H and O–H groups in total. The average Bonchev–Trinajstić information content (AvgIpc) is 2.79. The van der Waals surface area contributed by atoms with Crippen molar-refractivity contribution in [1.82, 2.24) is 4.40 Å². The van der Waals surface area contributed by atoms with E-state index in [9.17, 15) is 4.79 Å². The summed E-state index contributed by atoms with van der Waals surface area (Å²) < 4.78 is 2.03. The van der Waals surface area contributed by atoms with Crippen molar-refractivity contribution >= 4 is 22.2 Å². The minimum Gasteiger partial charge on any atom is -0.309 e. The average molecular weight is 296 g/mol. The number of ketones is 1. The molecule has 2 nitrogen and oxygen atoms in total. The van der Waals surface area contributed by atoms with Gasteiger partial charge in [0.25, 0.3) is 0 Å². The van der Waals surface area contributed by atoms with Crippen LogP contribution in [0.1, 0.15) is 21.6 Å².